The molecule has 0 spiro atoms. The summed E-state index contributed by atoms with van der Waals surface area (Å²) in [6, 6.07) is 12.6. The molecule has 1 saturated heterocycles. The monoisotopic (exact) mass is 432 g/mol. The highest BCUT2D eigenvalue weighted by atomic mass is 35.5. The van der Waals surface area contributed by atoms with E-state index in [1.807, 2.05) is 4.90 Å². The van der Waals surface area contributed by atoms with Gasteiger partial charge in [0.15, 0.2) is 0 Å². The number of non-ortho nitro benzene ring substituents is 1. The molecule has 2 aromatic carbocycles. The van der Waals surface area contributed by atoms with E-state index >= 15 is 0 Å². The Morgan fingerprint density at radius 2 is 1.69 bits per heavy atom. The summed E-state index contributed by atoms with van der Waals surface area (Å²) in [5, 5.41) is 12.2. The number of benzene rings is 2. The molecule has 150 valence electrons. The first kappa shape index (κ1) is 19.6. The van der Waals surface area contributed by atoms with Crippen LogP contribution in [0.5, 0.6) is 0 Å². The molecule has 2 heterocycles. The third-order valence-electron chi connectivity index (χ3n) is 4.95. The zero-order valence-corrected chi connectivity index (χ0v) is 16.8. The van der Waals surface area contributed by atoms with Crippen molar-refractivity contribution in [3.8, 4) is 0 Å². The van der Waals surface area contributed by atoms with E-state index in [4.69, 9.17) is 11.6 Å². The number of fused-ring (bicyclic) bond motifs is 1. The van der Waals surface area contributed by atoms with E-state index in [1.165, 1.54) is 22.5 Å². The van der Waals surface area contributed by atoms with E-state index in [9.17, 15) is 18.5 Å². The molecule has 8 nitrogen and oxygen atoms in total. The van der Waals surface area contributed by atoms with Crippen LogP contribution in [0.15, 0.2) is 59.6 Å². The summed E-state index contributed by atoms with van der Waals surface area (Å²) in [7, 11) is -3.60. The summed E-state index contributed by atoms with van der Waals surface area (Å²) in [5.74, 6) is 0. The highest BCUT2D eigenvalue weighted by Crippen LogP contribution is 2.33. The van der Waals surface area contributed by atoms with Crippen LogP contribution in [0.25, 0.3) is 10.9 Å². The summed E-state index contributed by atoms with van der Waals surface area (Å²) in [4.78, 5) is 17.4. The van der Waals surface area contributed by atoms with Crippen LogP contribution >= 0.6 is 11.6 Å². The lowest BCUT2D eigenvalue weighted by molar-refractivity contribution is -0.383. The first-order valence-corrected chi connectivity index (χ1v) is 10.7. The van der Waals surface area contributed by atoms with Gasteiger partial charge in [0.2, 0.25) is 10.0 Å². The zero-order valence-electron chi connectivity index (χ0n) is 15.2. The summed E-state index contributed by atoms with van der Waals surface area (Å²) in [5.41, 5.74) is 1.30. The molecule has 0 aliphatic carbocycles. The maximum absolute atomic E-state index is 12.9. The first-order valence-electron chi connectivity index (χ1n) is 8.91. The molecule has 4 rings (SSSR count). The maximum Gasteiger partial charge on any atom is 0.278 e. The minimum absolute atomic E-state index is 0.000743. The number of nitro benzene ring substituents is 1. The van der Waals surface area contributed by atoms with E-state index in [2.05, 4.69) is 4.98 Å². The lowest BCUT2D eigenvalue weighted by atomic mass is 10.1. The minimum atomic E-state index is -3.60. The van der Waals surface area contributed by atoms with Gasteiger partial charge in [0.1, 0.15) is 5.52 Å². The van der Waals surface area contributed by atoms with E-state index in [-0.39, 0.29) is 10.6 Å². The summed E-state index contributed by atoms with van der Waals surface area (Å²) >= 11 is 5.85. The number of anilines is 1. The second-order valence-corrected chi connectivity index (χ2v) is 8.98. The number of piperazine rings is 1. The third-order valence-corrected chi connectivity index (χ3v) is 7.12. The molecule has 0 N–H and O–H groups in total. The molecule has 0 radical (unpaired) electrons. The average molecular weight is 433 g/mol. The Kier molecular flexibility index (Phi) is 5.12. The number of pyridine rings is 1. The molecule has 3 aromatic rings. The second kappa shape index (κ2) is 7.58. The van der Waals surface area contributed by atoms with Crippen molar-refractivity contribution >= 4 is 43.9 Å². The van der Waals surface area contributed by atoms with Gasteiger partial charge in [-0.15, -0.1) is 0 Å². The minimum Gasteiger partial charge on any atom is -0.367 e. The number of sulfonamides is 1. The summed E-state index contributed by atoms with van der Waals surface area (Å²) < 4.78 is 27.1. The van der Waals surface area contributed by atoms with E-state index < -0.39 is 14.9 Å². The zero-order chi connectivity index (χ0) is 20.6. The molecule has 1 fully saturated rings. The van der Waals surface area contributed by atoms with Crippen molar-refractivity contribution in [2.24, 2.45) is 0 Å². The second-order valence-electron chi connectivity index (χ2n) is 6.61. The Balaban J connectivity index is 1.58. The lowest BCUT2D eigenvalue weighted by Gasteiger charge is -2.35. The Bertz CT molecular complexity index is 1180. The lowest BCUT2D eigenvalue weighted by Crippen LogP contribution is -2.48. The number of rotatable bonds is 4. The van der Waals surface area contributed by atoms with Crippen molar-refractivity contribution in [2.75, 3.05) is 31.1 Å². The van der Waals surface area contributed by atoms with Gasteiger partial charge < -0.3 is 4.90 Å². The number of aromatic nitrogens is 1. The van der Waals surface area contributed by atoms with Crippen molar-refractivity contribution in [3.05, 3.63) is 69.9 Å². The van der Waals surface area contributed by atoms with Crippen molar-refractivity contribution in [2.45, 2.75) is 4.90 Å². The molecule has 0 bridgehead atoms. The summed E-state index contributed by atoms with van der Waals surface area (Å²) in [6.07, 6.45) is 1.59. The number of nitrogens with zero attached hydrogens (tertiary/aromatic N) is 4. The fraction of sp³-hybridized carbons (Fsp3) is 0.211. The van der Waals surface area contributed by atoms with Crippen LogP contribution in [0.4, 0.5) is 11.4 Å². The SMILES string of the molecule is O=[N+]([O-])c1ccc(N2CCN(S(=O)(=O)c3ccc(Cl)cc3)CC2)c2ncccc12. The van der Waals surface area contributed by atoms with E-state index in [0.717, 1.165) is 5.69 Å². The van der Waals surface area contributed by atoms with Crippen LogP contribution in [0, 0.1) is 10.1 Å². The van der Waals surface area contributed by atoms with Crippen LogP contribution in [-0.4, -0.2) is 48.8 Å². The van der Waals surface area contributed by atoms with E-state index in [1.54, 1.807) is 36.5 Å². The van der Waals surface area contributed by atoms with Crippen LogP contribution in [0.1, 0.15) is 0 Å². The molecule has 0 saturated carbocycles. The smallest absolute Gasteiger partial charge is 0.278 e. The maximum atomic E-state index is 12.9. The van der Waals surface area contributed by atoms with Gasteiger partial charge in [0.05, 0.1) is 20.9 Å². The van der Waals surface area contributed by atoms with Crippen LogP contribution in [-0.2, 0) is 10.0 Å². The van der Waals surface area contributed by atoms with Crippen LogP contribution in [0.2, 0.25) is 5.02 Å². The fourth-order valence-corrected chi connectivity index (χ4v) is 5.03. The molecule has 29 heavy (non-hydrogen) atoms. The van der Waals surface area contributed by atoms with Gasteiger partial charge in [0.25, 0.3) is 5.69 Å². The standard InChI is InChI=1S/C19H17ClN4O4S/c20-14-3-5-15(6-4-14)29(27,28)23-12-10-22(11-13-23)18-8-7-17(24(25)26)16-2-1-9-21-19(16)18/h1-9H,10-13H2. The van der Waals surface area contributed by atoms with Gasteiger partial charge in [0, 0.05) is 43.5 Å². The predicted molar refractivity (Wildman–Crippen MR) is 111 cm³/mol. The predicted octanol–water partition coefficient (Wildman–Crippen LogP) is 3.31. The molecule has 0 amide bonds. The fourth-order valence-electron chi connectivity index (χ4n) is 3.48. The largest absolute Gasteiger partial charge is 0.367 e. The molecular formula is C19H17ClN4O4S. The third kappa shape index (κ3) is 3.64. The molecule has 1 aromatic heterocycles. The van der Waals surface area contributed by atoms with Gasteiger partial charge in [-0.25, -0.2) is 8.42 Å². The highest BCUT2D eigenvalue weighted by molar-refractivity contribution is 7.89. The molecule has 1 aliphatic heterocycles. The van der Waals surface area contributed by atoms with Gasteiger partial charge in [-0.3, -0.25) is 15.1 Å². The number of hydrogen-bond donors (Lipinski definition) is 0. The van der Waals surface area contributed by atoms with Gasteiger partial charge in [-0.05, 0) is 42.5 Å². The Morgan fingerprint density at radius 1 is 1.00 bits per heavy atom. The molecular weight excluding hydrogens is 416 g/mol. The van der Waals surface area contributed by atoms with Crippen LogP contribution in [0.3, 0.4) is 0 Å². The van der Waals surface area contributed by atoms with Gasteiger partial charge >= 0.3 is 0 Å². The summed E-state index contributed by atoms with van der Waals surface area (Å²) in [6.45, 7) is 1.51. The van der Waals surface area contributed by atoms with Crippen LogP contribution < -0.4 is 4.90 Å². The topological polar surface area (TPSA) is 96.6 Å². The normalized spacial score (nSPS) is 15.6. The Hall–Kier alpha value is -2.75. The first-order chi connectivity index (χ1) is 13.9. The Morgan fingerprint density at radius 3 is 2.34 bits per heavy atom. The highest BCUT2D eigenvalue weighted by Gasteiger charge is 2.29. The number of halogens is 1. The molecule has 0 atom stereocenters. The van der Waals surface area contributed by atoms with Gasteiger partial charge in [-0.1, -0.05) is 11.6 Å². The Labute approximate surface area is 172 Å². The molecule has 0 unspecified atom stereocenters. The van der Waals surface area contributed by atoms with Crippen molar-refractivity contribution < 1.29 is 13.3 Å². The van der Waals surface area contributed by atoms with E-state index in [0.29, 0.717) is 42.1 Å². The van der Waals surface area contributed by atoms with Crippen molar-refractivity contribution in [1.82, 2.24) is 9.29 Å². The molecule has 10 heteroatoms. The quantitative estimate of drug-likeness (QED) is 0.463. The number of hydrogen-bond acceptors (Lipinski definition) is 6. The van der Waals surface area contributed by atoms with Gasteiger partial charge in [-0.2, -0.15) is 4.31 Å². The van der Waals surface area contributed by atoms with Crippen molar-refractivity contribution in [3.63, 3.8) is 0 Å². The molecule has 1 aliphatic rings. The average Bonchev–Trinajstić information content (AvgIpc) is 2.73. The number of nitro groups is 1. The van der Waals surface area contributed by atoms with Crippen molar-refractivity contribution in [1.29, 1.82) is 0 Å².